The fraction of sp³-hybridized carbons (Fsp3) is 0.474. The van der Waals surface area contributed by atoms with Crippen LogP contribution in [0.3, 0.4) is 0 Å². The quantitative estimate of drug-likeness (QED) is 0.760. The summed E-state index contributed by atoms with van der Waals surface area (Å²) in [7, 11) is 1.61. The van der Waals surface area contributed by atoms with Gasteiger partial charge in [0.2, 0.25) is 16.9 Å². The molecule has 0 spiro atoms. The molecule has 1 aliphatic carbocycles. The van der Waals surface area contributed by atoms with Gasteiger partial charge >= 0.3 is 0 Å². The van der Waals surface area contributed by atoms with Gasteiger partial charge in [-0.25, -0.2) is 0 Å². The summed E-state index contributed by atoms with van der Waals surface area (Å²) in [5, 5.41) is 15.0. The number of methoxy groups -OCH3 is 1. The summed E-state index contributed by atoms with van der Waals surface area (Å²) in [6, 6.07) is 6.88. The Hall–Kier alpha value is -2.48. The average molecular weight is 388 g/mol. The van der Waals surface area contributed by atoms with Crippen molar-refractivity contribution in [1.29, 1.82) is 0 Å². The standard InChI is InChI=1S/C19H24N4O3S/c1-11(2)15(20-16(24)12-5-4-6-12)17(25)21-19-23-22-18(27-19)13-7-9-14(26-3)10-8-13/h7-12,15H,4-6H2,1-3H3,(H,20,24)(H,21,23,25)/t15-/m1/s1. The van der Waals surface area contributed by atoms with Crippen molar-refractivity contribution in [3.05, 3.63) is 24.3 Å². The summed E-state index contributed by atoms with van der Waals surface area (Å²) >= 11 is 1.29. The van der Waals surface area contributed by atoms with Crippen LogP contribution >= 0.6 is 11.3 Å². The minimum Gasteiger partial charge on any atom is -0.497 e. The number of aromatic nitrogens is 2. The summed E-state index contributed by atoms with van der Waals surface area (Å²) < 4.78 is 5.15. The van der Waals surface area contributed by atoms with Crippen molar-refractivity contribution in [1.82, 2.24) is 15.5 Å². The molecular weight excluding hydrogens is 364 g/mol. The van der Waals surface area contributed by atoms with Gasteiger partial charge in [-0.3, -0.25) is 14.9 Å². The second-order valence-corrected chi connectivity index (χ2v) is 7.97. The van der Waals surface area contributed by atoms with Gasteiger partial charge in [-0.1, -0.05) is 31.6 Å². The first kappa shape index (κ1) is 19.3. The topological polar surface area (TPSA) is 93.2 Å². The Kier molecular flexibility index (Phi) is 6.05. The van der Waals surface area contributed by atoms with Crippen LogP contribution in [0.25, 0.3) is 10.6 Å². The number of rotatable bonds is 7. The second kappa shape index (κ2) is 8.47. The zero-order valence-corrected chi connectivity index (χ0v) is 16.5. The highest BCUT2D eigenvalue weighted by atomic mass is 32.1. The normalized spacial score (nSPS) is 15.1. The first-order valence-corrected chi connectivity index (χ1v) is 9.88. The van der Waals surface area contributed by atoms with Gasteiger partial charge in [0, 0.05) is 11.5 Å². The maximum atomic E-state index is 12.6. The predicted molar refractivity (Wildman–Crippen MR) is 105 cm³/mol. The molecule has 27 heavy (non-hydrogen) atoms. The highest BCUT2D eigenvalue weighted by molar-refractivity contribution is 7.18. The molecule has 1 atom stereocenters. The highest BCUT2D eigenvalue weighted by Crippen LogP contribution is 2.28. The van der Waals surface area contributed by atoms with Gasteiger partial charge < -0.3 is 10.1 Å². The minimum absolute atomic E-state index is 0.0250. The van der Waals surface area contributed by atoms with Crippen LogP contribution in [-0.2, 0) is 9.59 Å². The lowest BCUT2D eigenvalue weighted by atomic mass is 9.84. The van der Waals surface area contributed by atoms with Gasteiger partial charge in [0.25, 0.3) is 0 Å². The maximum Gasteiger partial charge on any atom is 0.249 e. The molecular formula is C19H24N4O3S. The van der Waals surface area contributed by atoms with Crippen LogP contribution in [0.5, 0.6) is 5.75 Å². The van der Waals surface area contributed by atoms with Gasteiger partial charge in [-0.05, 0) is 43.0 Å². The molecule has 2 amide bonds. The zero-order valence-electron chi connectivity index (χ0n) is 15.7. The molecule has 0 bridgehead atoms. The first-order valence-electron chi connectivity index (χ1n) is 9.07. The van der Waals surface area contributed by atoms with Crippen molar-refractivity contribution in [3.63, 3.8) is 0 Å². The van der Waals surface area contributed by atoms with Gasteiger partial charge in [0.1, 0.15) is 16.8 Å². The van der Waals surface area contributed by atoms with Gasteiger partial charge in [0.15, 0.2) is 0 Å². The molecule has 1 aliphatic rings. The van der Waals surface area contributed by atoms with Gasteiger partial charge in [-0.15, -0.1) is 10.2 Å². The zero-order chi connectivity index (χ0) is 19.4. The van der Waals surface area contributed by atoms with E-state index in [-0.39, 0.29) is 23.7 Å². The summed E-state index contributed by atoms with van der Waals surface area (Å²) in [6.45, 7) is 3.82. The largest absolute Gasteiger partial charge is 0.497 e. The van der Waals surface area contributed by atoms with Crippen molar-refractivity contribution in [2.75, 3.05) is 12.4 Å². The molecule has 3 rings (SSSR count). The molecule has 0 radical (unpaired) electrons. The third-order valence-corrected chi connectivity index (χ3v) is 5.60. The molecule has 7 nitrogen and oxygen atoms in total. The predicted octanol–water partition coefficient (Wildman–Crippen LogP) is 3.09. The van der Waals surface area contributed by atoms with E-state index in [0.29, 0.717) is 10.1 Å². The Bertz CT molecular complexity index is 800. The van der Waals surface area contributed by atoms with E-state index in [2.05, 4.69) is 20.8 Å². The third-order valence-electron chi connectivity index (χ3n) is 4.71. The molecule has 1 saturated carbocycles. The smallest absolute Gasteiger partial charge is 0.249 e. The molecule has 1 heterocycles. The third kappa shape index (κ3) is 4.63. The molecule has 0 saturated heterocycles. The fourth-order valence-corrected chi connectivity index (χ4v) is 3.54. The van der Waals surface area contributed by atoms with Crippen molar-refractivity contribution < 1.29 is 14.3 Å². The van der Waals surface area contributed by atoms with Gasteiger partial charge in [-0.2, -0.15) is 0 Å². The van der Waals surface area contributed by atoms with Crippen LogP contribution in [0, 0.1) is 11.8 Å². The van der Waals surface area contributed by atoms with Crippen molar-refractivity contribution in [3.8, 4) is 16.3 Å². The lowest BCUT2D eigenvalue weighted by molar-refractivity contribution is -0.131. The van der Waals surface area contributed by atoms with Gasteiger partial charge in [0.05, 0.1) is 7.11 Å². The number of nitrogens with zero attached hydrogens (tertiary/aromatic N) is 2. The average Bonchev–Trinajstić information content (AvgIpc) is 3.06. The van der Waals surface area contributed by atoms with E-state index in [1.165, 1.54) is 11.3 Å². The van der Waals surface area contributed by atoms with E-state index in [9.17, 15) is 9.59 Å². The van der Waals surface area contributed by atoms with E-state index in [1.54, 1.807) is 7.11 Å². The summed E-state index contributed by atoms with van der Waals surface area (Å²) in [5.74, 6) is 0.477. The Morgan fingerprint density at radius 2 is 1.89 bits per heavy atom. The first-order chi connectivity index (χ1) is 13.0. The molecule has 144 valence electrons. The van der Waals surface area contributed by atoms with E-state index in [4.69, 9.17) is 4.74 Å². The van der Waals surface area contributed by atoms with E-state index < -0.39 is 6.04 Å². The fourth-order valence-electron chi connectivity index (χ4n) is 2.78. The summed E-state index contributed by atoms with van der Waals surface area (Å²) in [5.41, 5.74) is 0.896. The number of nitrogens with one attached hydrogen (secondary N) is 2. The number of amides is 2. The van der Waals surface area contributed by atoms with Crippen LogP contribution in [0.15, 0.2) is 24.3 Å². The monoisotopic (exact) mass is 388 g/mol. The lowest BCUT2D eigenvalue weighted by Crippen LogP contribution is -2.49. The molecule has 0 unspecified atom stereocenters. The molecule has 1 aromatic heterocycles. The van der Waals surface area contributed by atoms with E-state index in [1.807, 2.05) is 38.1 Å². The highest BCUT2D eigenvalue weighted by Gasteiger charge is 2.31. The van der Waals surface area contributed by atoms with Crippen LogP contribution in [-0.4, -0.2) is 35.2 Å². The lowest BCUT2D eigenvalue weighted by Gasteiger charge is -2.28. The number of hydrogen-bond donors (Lipinski definition) is 2. The van der Waals surface area contributed by atoms with Crippen molar-refractivity contribution in [2.45, 2.75) is 39.2 Å². The second-order valence-electron chi connectivity index (χ2n) is 6.99. The van der Waals surface area contributed by atoms with E-state index >= 15 is 0 Å². The molecule has 2 N–H and O–H groups in total. The van der Waals surface area contributed by atoms with Crippen LogP contribution in [0.2, 0.25) is 0 Å². The van der Waals surface area contributed by atoms with Crippen LogP contribution < -0.4 is 15.4 Å². The Balaban J connectivity index is 1.64. The Morgan fingerprint density at radius 1 is 1.19 bits per heavy atom. The molecule has 2 aromatic rings. The van der Waals surface area contributed by atoms with Crippen molar-refractivity contribution >= 4 is 28.3 Å². The maximum absolute atomic E-state index is 12.6. The number of hydrogen-bond acceptors (Lipinski definition) is 6. The van der Waals surface area contributed by atoms with E-state index in [0.717, 1.165) is 30.6 Å². The number of carbonyl (C=O) groups is 2. The Morgan fingerprint density at radius 3 is 2.44 bits per heavy atom. The number of carbonyl (C=O) groups excluding carboxylic acids is 2. The molecule has 0 aliphatic heterocycles. The SMILES string of the molecule is COc1ccc(-c2nnc(NC(=O)[C@H](NC(=O)C3CCC3)C(C)C)s2)cc1. The van der Waals surface area contributed by atoms with Crippen LogP contribution in [0.1, 0.15) is 33.1 Å². The molecule has 8 heteroatoms. The summed E-state index contributed by atoms with van der Waals surface area (Å²) in [6.07, 6.45) is 2.88. The van der Waals surface area contributed by atoms with Crippen molar-refractivity contribution in [2.24, 2.45) is 11.8 Å². The molecule has 1 fully saturated rings. The summed E-state index contributed by atoms with van der Waals surface area (Å²) in [4.78, 5) is 24.9. The Labute approximate surface area is 162 Å². The van der Waals surface area contributed by atoms with Crippen LogP contribution in [0.4, 0.5) is 5.13 Å². The number of benzene rings is 1. The minimum atomic E-state index is -0.591. The molecule has 1 aromatic carbocycles. The number of ether oxygens (including phenoxy) is 1. The number of anilines is 1.